The van der Waals surface area contributed by atoms with E-state index in [2.05, 4.69) is 10.3 Å². The number of aryl methyl sites for hydroxylation is 1. The first-order valence-electron chi connectivity index (χ1n) is 7.11. The van der Waals surface area contributed by atoms with E-state index in [9.17, 15) is 9.59 Å². The van der Waals surface area contributed by atoms with Crippen molar-refractivity contribution in [3.05, 3.63) is 23.9 Å². The zero-order chi connectivity index (χ0) is 14.5. The van der Waals surface area contributed by atoms with Crippen LogP contribution in [0, 0.1) is 6.92 Å². The summed E-state index contributed by atoms with van der Waals surface area (Å²) in [4.78, 5) is 30.0. The summed E-state index contributed by atoms with van der Waals surface area (Å²) in [7, 11) is 0. The Labute approximate surface area is 119 Å². The van der Waals surface area contributed by atoms with E-state index in [1.807, 2.05) is 13.0 Å². The molecule has 1 fully saturated rings. The fraction of sp³-hybridized carbons (Fsp3) is 0.533. The van der Waals surface area contributed by atoms with Crippen molar-refractivity contribution in [1.82, 2.24) is 9.88 Å². The molecule has 0 aliphatic carbocycles. The van der Waals surface area contributed by atoms with Crippen LogP contribution in [-0.2, 0) is 9.59 Å². The summed E-state index contributed by atoms with van der Waals surface area (Å²) in [5.41, 5.74) is 1.04. The van der Waals surface area contributed by atoms with Crippen molar-refractivity contribution in [2.75, 3.05) is 11.9 Å². The maximum absolute atomic E-state index is 12.2. The lowest BCUT2D eigenvalue weighted by Crippen LogP contribution is -2.45. The lowest BCUT2D eigenvalue weighted by molar-refractivity contribution is -0.137. The van der Waals surface area contributed by atoms with E-state index in [1.54, 1.807) is 24.1 Å². The lowest BCUT2D eigenvalue weighted by Gasteiger charge is -2.26. The third-order valence-corrected chi connectivity index (χ3v) is 3.62. The number of hydrogen-bond donors (Lipinski definition) is 1. The van der Waals surface area contributed by atoms with Gasteiger partial charge in [-0.05, 0) is 38.3 Å². The highest BCUT2D eigenvalue weighted by molar-refractivity contribution is 5.96. The van der Waals surface area contributed by atoms with Crippen LogP contribution in [0.4, 0.5) is 5.82 Å². The molecule has 1 atom stereocenters. The lowest BCUT2D eigenvalue weighted by atomic mass is 10.2. The SMILES string of the molecule is Cc1ccc(NC(=O)[C@H](C)N2CCCCCC2=O)nc1. The number of rotatable bonds is 3. The van der Waals surface area contributed by atoms with Gasteiger partial charge in [0.25, 0.3) is 0 Å². The average Bonchev–Trinajstić information content (AvgIpc) is 2.65. The smallest absolute Gasteiger partial charge is 0.248 e. The van der Waals surface area contributed by atoms with Crippen molar-refractivity contribution in [3.8, 4) is 0 Å². The fourth-order valence-electron chi connectivity index (χ4n) is 2.33. The molecule has 1 aromatic heterocycles. The van der Waals surface area contributed by atoms with Crippen LogP contribution >= 0.6 is 0 Å². The average molecular weight is 275 g/mol. The maximum Gasteiger partial charge on any atom is 0.248 e. The van der Waals surface area contributed by atoms with Gasteiger partial charge in [0.2, 0.25) is 11.8 Å². The third kappa shape index (κ3) is 3.56. The number of aromatic nitrogens is 1. The van der Waals surface area contributed by atoms with Crippen molar-refractivity contribution in [3.63, 3.8) is 0 Å². The number of carbonyl (C=O) groups excluding carboxylic acids is 2. The molecule has 0 saturated carbocycles. The van der Waals surface area contributed by atoms with E-state index in [0.717, 1.165) is 24.8 Å². The Bertz CT molecular complexity index is 484. The van der Waals surface area contributed by atoms with E-state index in [-0.39, 0.29) is 11.8 Å². The Morgan fingerprint density at radius 3 is 2.85 bits per heavy atom. The van der Waals surface area contributed by atoms with Gasteiger partial charge in [0, 0.05) is 19.2 Å². The highest BCUT2D eigenvalue weighted by Crippen LogP contribution is 2.15. The molecular formula is C15H21N3O2. The van der Waals surface area contributed by atoms with Gasteiger partial charge in [0.05, 0.1) is 0 Å². The largest absolute Gasteiger partial charge is 0.331 e. The normalized spacial score (nSPS) is 17.5. The van der Waals surface area contributed by atoms with Gasteiger partial charge >= 0.3 is 0 Å². The second-order valence-corrected chi connectivity index (χ2v) is 5.28. The molecule has 20 heavy (non-hydrogen) atoms. The van der Waals surface area contributed by atoms with Gasteiger partial charge in [-0.1, -0.05) is 12.5 Å². The molecule has 5 nitrogen and oxygen atoms in total. The number of amides is 2. The molecule has 0 bridgehead atoms. The predicted octanol–water partition coefficient (Wildman–Crippen LogP) is 2.12. The Morgan fingerprint density at radius 2 is 2.15 bits per heavy atom. The van der Waals surface area contributed by atoms with Gasteiger partial charge in [-0.25, -0.2) is 4.98 Å². The summed E-state index contributed by atoms with van der Waals surface area (Å²) in [5.74, 6) is 0.410. The Balaban J connectivity index is 2.00. The molecule has 108 valence electrons. The molecule has 0 unspecified atom stereocenters. The van der Waals surface area contributed by atoms with Crippen molar-refractivity contribution in [2.45, 2.75) is 45.6 Å². The number of carbonyl (C=O) groups is 2. The zero-order valence-electron chi connectivity index (χ0n) is 12.1. The minimum Gasteiger partial charge on any atom is -0.331 e. The van der Waals surface area contributed by atoms with Gasteiger partial charge in [0.1, 0.15) is 11.9 Å². The Morgan fingerprint density at radius 1 is 1.35 bits per heavy atom. The molecule has 2 heterocycles. The zero-order valence-corrected chi connectivity index (χ0v) is 12.1. The first-order valence-corrected chi connectivity index (χ1v) is 7.11. The van der Waals surface area contributed by atoms with Crippen LogP contribution in [0.15, 0.2) is 18.3 Å². The van der Waals surface area contributed by atoms with Crippen molar-refractivity contribution >= 4 is 17.6 Å². The molecule has 1 N–H and O–H groups in total. The van der Waals surface area contributed by atoms with E-state index in [1.165, 1.54) is 0 Å². The molecule has 1 aliphatic heterocycles. The summed E-state index contributed by atoms with van der Waals surface area (Å²) in [6.07, 6.45) is 5.18. The molecule has 5 heteroatoms. The quantitative estimate of drug-likeness (QED) is 0.919. The topological polar surface area (TPSA) is 62.3 Å². The fourth-order valence-corrected chi connectivity index (χ4v) is 2.33. The van der Waals surface area contributed by atoms with Crippen LogP contribution in [0.5, 0.6) is 0 Å². The summed E-state index contributed by atoms with van der Waals surface area (Å²) < 4.78 is 0. The number of pyridine rings is 1. The highest BCUT2D eigenvalue weighted by atomic mass is 16.2. The Kier molecular flexibility index (Phi) is 4.71. The van der Waals surface area contributed by atoms with Crippen molar-refractivity contribution in [1.29, 1.82) is 0 Å². The van der Waals surface area contributed by atoms with Gasteiger partial charge in [-0.15, -0.1) is 0 Å². The van der Waals surface area contributed by atoms with Crippen LogP contribution in [0.2, 0.25) is 0 Å². The number of hydrogen-bond acceptors (Lipinski definition) is 3. The molecule has 1 aliphatic rings. The van der Waals surface area contributed by atoms with Crippen LogP contribution < -0.4 is 5.32 Å². The first kappa shape index (κ1) is 14.5. The molecule has 1 aromatic rings. The Hall–Kier alpha value is -1.91. The van der Waals surface area contributed by atoms with Crippen LogP contribution in [0.25, 0.3) is 0 Å². The second kappa shape index (κ2) is 6.50. The molecule has 0 radical (unpaired) electrons. The van der Waals surface area contributed by atoms with Gasteiger partial charge < -0.3 is 10.2 Å². The molecule has 2 rings (SSSR count). The van der Waals surface area contributed by atoms with Crippen LogP contribution in [0.3, 0.4) is 0 Å². The van der Waals surface area contributed by atoms with E-state index < -0.39 is 6.04 Å². The van der Waals surface area contributed by atoms with E-state index in [4.69, 9.17) is 0 Å². The summed E-state index contributed by atoms with van der Waals surface area (Å²) >= 11 is 0. The molecular weight excluding hydrogens is 254 g/mol. The summed E-state index contributed by atoms with van der Waals surface area (Å²) in [6, 6.07) is 3.21. The second-order valence-electron chi connectivity index (χ2n) is 5.28. The monoisotopic (exact) mass is 275 g/mol. The molecule has 2 amide bonds. The maximum atomic E-state index is 12.2. The minimum atomic E-state index is -0.455. The van der Waals surface area contributed by atoms with Crippen LogP contribution in [-0.4, -0.2) is 34.3 Å². The number of nitrogens with zero attached hydrogens (tertiary/aromatic N) is 2. The molecule has 0 aromatic carbocycles. The van der Waals surface area contributed by atoms with Gasteiger partial charge in [-0.3, -0.25) is 9.59 Å². The molecule has 1 saturated heterocycles. The van der Waals surface area contributed by atoms with Gasteiger partial charge in [0.15, 0.2) is 0 Å². The minimum absolute atomic E-state index is 0.0713. The standard InChI is InChI=1S/C15H21N3O2/c1-11-7-8-13(16-10-11)17-15(20)12(2)18-9-5-3-4-6-14(18)19/h7-8,10,12H,3-6,9H2,1-2H3,(H,16,17,20)/t12-/m0/s1. The highest BCUT2D eigenvalue weighted by Gasteiger charge is 2.26. The summed E-state index contributed by atoms with van der Waals surface area (Å²) in [6.45, 7) is 4.37. The number of likely N-dealkylation sites (tertiary alicyclic amines) is 1. The van der Waals surface area contributed by atoms with E-state index in [0.29, 0.717) is 18.8 Å². The van der Waals surface area contributed by atoms with Crippen molar-refractivity contribution < 1.29 is 9.59 Å². The molecule has 0 spiro atoms. The first-order chi connectivity index (χ1) is 9.58. The number of nitrogens with one attached hydrogen (secondary N) is 1. The van der Waals surface area contributed by atoms with Crippen molar-refractivity contribution in [2.24, 2.45) is 0 Å². The third-order valence-electron chi connectivity index (χ3n) is 3.62. The van der Waals surface area contributed by atoms with Gasteiger partial charge in [-0.2, -0.15) is 0 Å². The summed E-state index contributed by atoms with van der Waals surface area (Å²) in [5, 5.41) is 2.76. The van der Waals surface area contributed by atoms with E-state index >= 15 is 0 Å². The van der Waals surface area contributed by atoms with Crippen LogP contribution in [0.1, 0.15) is 38.2 Å². The predicted molar refractivity (Wildman–Crippen MR) is 77.2 cm³/mol. The number of anilines is 1.